The van der Waals surface area contributed by atoms with Crippen LogP contribution in [0.5, 0.6) is 5.75 Å². The van der Waals surface area contributed by atoms with E-state index in [0.29, 0.717) is 0 Å². The normalized spacial score (nSPS) is 10.8. The van der Waals surface area contributed by atoms with Crippen LogP contribution in [0.3, 0.4) is 0 Å². The Kier molecular flexibility index (Phi) is 2.15. The fourth-order valence-corrected chi connectivity index (χ4v) is 2.45. The second-order valence-electron chi connectivity index (χ2n) is 3.45. The molecular formula is C12H10N2OS. The minimum atomic E-state index is 0.801. The van der Waals surface area contributed by atoms with E-state index in [1.54, 1.807) is 24.6 Å². The van der Waals surface area contributed by atoms with Gasteiger partial charge in [0.1, 0.15) is 5.75 Å². The van der Waals surface area contributed by atoms with Gasteiger partial charge in [-0.3, -0.25) is 4.98 Å². The lowest BCUT2D eigenvalue weighted by atomic mass is 10.1. The van der Waals surface area contributed by atoms with Crippen molar-refractivity contribution in [2.24, 2.45) is 0 Å². The van der Waals surface area contributed by atoms with E-state index in [9.17, 15) is 0 Å². The Morgan fingerprint density at radius 1 is 1.38 bits per heavy atom. The molecule has 0 aromatic carbocycles. The van der Waals surface area contributed by atoms with Gasteiger partial charge in [-0.25, -0.2) is 0 Å². The Bertz CT molecular complexity index is 613. The molecule has 0 radical (unpaired) electrons. The van der Waals surface area contributed by atoms with Gasteiger partial charge in [-0.1, -0.05) is 0 Å². The molecule has 80 valence electrons. The zero-order valence-corrected chi connectivity index (χ0v) is 9.54. The highest BCUT2D eigenvalue weighted by molar-refractivity contribution is 7.08. The van der Waals surface area contributed by atoms with Crippen LogP contribution in [0.15, 0.2) is 35.3 Å². The van der Waals surface area contributed by atoms with Crippen LogP contribution in [0.25, 0.3) is 22.2 Å². The van der Waals surface area contributed by atoms with Gasteiger partial charge >= 0.3 is 0 Å². The van der Waals surface area contributed by atoms with E-state index in [-0.39, 0.29) is 0 Å². The SMILES string of the molecule is COc1cnc(-c2ccsc2)c2[nH]ccc12. The van der Waals surface area contributed by atoms with Crippen molar-refractivity contribution in [3.63, 3.8) is 0 Å². The van der Waals surface area contributed by atoms with Crippen molar-refractivity contribution in [1.82, 2.24) is 9.97 Å². The number of nitrogens with zero attached hydrogens (tertiary/aromatic N) is 1. The Labute approximate surface area is 96.7 Å². The van der Waals surface area contributed by atoms with Gasteiger partial charge in [-0.15, -0.1) is 0 Å². The number of nitrogens with one attached hydrogen (secondary N) is 1. The van der Waals surface area contributed by atoms with Crippen LogP contribution < -0.4 is 4.74 Å². The first-order chi connectivity index (χ1) is 7.90. The molecular weight excluding hydrogens is 220 g/mol. The van der Waals surface area contributed by atoms with E-state index in [2.05, 4.69) is 26.8 Å². The highest BCUT2D eigenvalue weighted by Crippen LogP contribution is 2.32. The molecule has 3 rings (SSSR count). The molecule has 0 saturated heterocycles. The Morgan fingerprint density at radius 3 is 3.06 bits per heavy atom. The summed E-state index contributed by atoms with van der Waals surface area (Å²) in [6.07, 6.45) is 3.67. The molecule has 3 nitrogen and oxygen atoms in total. The van der Waals surface area contributed by atoms with Gasteiger partial charge in [-0.2, -0.15) is 11.3 Å². The Hall–Kier alpha value is -1.81. The van der Waals surface area contributed by atoms with Crippen LogP contribution in [-0.4, -0.2) is 17.1 Å². The molecule has 0 aliphatic heterocycles. The van der Waals surface area contributed by atoms with E-state index in [4.69, 9.17) is 4.74 Å². The molecule has 3 heterocycles. The summed E-state index contributed by atoms with van der Waals surface area (Å²) in [5.41, 5.74) is 3.14. The smallest absolute Gasteiger partial charge is 0.146 e. The second kappa shape index (κ2) is 3.64. The van der Waals surface area contributed by atoms with Crippen molar-refractivity contribution in [2.75, 3.05) is 7.11 Å². The van der Waals surface area contributed by atoms with Gasteiger partial charge in [0.05, 0.1) is 24.5 Å². The van der Waals surface area contributed by atoms with Crippen molar-refractivity contribution >= 4 is 22.2 Å². The first kappa shape index (κ1) is 9.42. The molecule has 4 heteroatoms. The van der Waals surface area contributed by atoms with Gasteiger partial charge in [0, 0.05) is 22.5 Å². The van der Waals surface area contributed by atoms with E-state index < -0.39 is 0 Å². The largest absolute Gasteiger partial charge is 0.494 e. The fraction of sp³-hybridized carbons (Fsp3) is 0.0833. The topological polar surface area (TPSA) is 37.9 Å². The van der Waals surface area contributed by atoms with Crippen molar-refractivity contribution in [2.45, 2.75) is 0 Å². The fourth-order valence-electron chi connectivity index (χ4n) is 1.81. The number of thiophene rings is 1. The summed E-state index contributed by atoms with van der Waals surface area (Å²) in [6.45, 7) is 0. The number of pyridine rings is 1. The third kappa shape index (κ3) is 1.31. The molecule has 0 amide bonds. The zero-order valence-electron chi connectivity index (χ0n) is 8.73. The first-order valence-corrected chi connectivity index (χ1v) is 5.87. The summed E-state index contributed by atoms with van der Waals surface area (Å²) >= 11 is 1.67. The summed E-state index contributed by atoms with van der Waals surface area (Å²) in [4.78, 5) is 7.66. The van der Waals surface area contributed by atoms with Gasteiger partial charge < -0.3 is 9.72 Å². The molecule has 0 aliphatic rings. The zero-order chi connectivity index (χ0) is 11.0. The number of fused-ring (bicyclic) bond motifs is 1. The number of ether oxygens (including phenoxy) is 1. The average molecular weight is 230 g/mol. The molecule has 0 bridgehead atoms. The van der Waals surface area contributed by atoms with Crippen LogP contribution in [0.1, 0.15) is 0 Å². The number of H-pyrrole nitrogens is 1. The molecule has 3 aromatic rings. The lowest BCUT2D eigenvalue weighted by molar-refractivity contribution is 0.418. The molecule has 0 saturated carbocycles. The summed E-state index contributed by atoms with van der Waals surface area (Å²) in [5.74, 6) is 0.801. The number of aromatic nitrogens is 2. The van der Waals surface area contributed by atoms with Gasteiger partial charge in [0.2, 0.25) is 0 Å². The van der Waals surface area contributed by atoms with Crippen LogP contribution in [0, 0.1) is 0 Å². The standard InChI is InChI=1S/C12H10N2OS/c1-15-10-6-14-11(8-3-5-16-7-8)12-9(10)2-4-13-12/h2-7,13H,1H3. The van der Waals surface area contributed by atoms with Gasteiger partial charge in [0.25, 0.3) is 0 Å². The number of methoxy groups -OCH3 is 1. The Balaban J connectivity index is 2.31. The van der Waals surface area contributed by atoms with Gasteiger partial charge in [-0.05, 0) is 17.5 Å². The Morgan fingerprint density at radius 2 is 2.31 bits per heavy atom. The summed E-state index contributed by atoms with van der Waals surface area (Å²) in [7, 11) is 1.66. The summed E-state index contributed by atoms with van der Waals surface area (Å²) < 4.78 is 5.28. The predicted molar refractivity (Wildman–Crippen MR) is 66.0 cm³/mol. The van der Waals surface area contributed by atoms with Crippen molar-refractivity contribution in [3.05, 3.63) is 35.3 Å². The summed E-state index contributed by atoms with van der Waals surface area (Å²) in [6, 6.07) is 4.07. The molecule has 1 N–H and O–H groups in total. The van der Waals surface area contributed by atoms with E-state index >= 15 is 0 Å². The molecule has 0 aliphatic carbocycles. The van der Waals surface area contributed by atoms with Crippen LogP contribution in [0.4, 0.5) is 0 Å². The van der Waals surface area contributed by atoms with Crippen molar-refractivity contribution < 1.29 is 4.74 Å². The average Bonchev–Trinajstić information content (AvgIpc) is 2.98. The molecule has 0 fully saturated rings. The summed E-state index contributed by atoms with van der Waals surface area (Å²) in [5, 5.41) is 5.21. The monoisotopic (exact) mass is 230 g/mol. The van der Waals surface area contributed by atoms with E-state index in [0.717, 1.165) is 27.9 Å². The molecule has 0 spiro atoms. The first-order valence-electron chi connectivity index (χ1n) is 4.93. The minimum absolute atomic E-state index is 0.801. The quantitative estimate of drug-likeness (QED) is 0.733. The molecule has 16 heavy (non-hydrogen) atoms. The maximum Gasteiger partial charge on any atom is 0.146 e. The van der Waals surface area contributed by atoms with Crippen LogP contribution in [-0.2, 0) is 0 Å². The molecule has 0 atom stereocenters. The highest BCUT2D eigenvalue weighted by Gasteiger charge is 2.10. The highest BCUT2D eigenvalue weighted by atomic mass is 32.1. The van der Waals surface area contributed by atoms with Crippen molar-refractivity contribution in [3.8, 4) is 17.0 Å². The number of rotatable bonds is 2. The van der Waals surface area contributed by atoms with Crippen molar-refractivity contribution in [1.29, 1.82) is 0 Å². The third-order valence-electron chi connectivity index (χ3n) is 2.57. The maximum absolute atomic E-state index is 5.28. The number of hydrogen-bond donors (Lipinski definition) is 1. The lowest BCUT2D eigenvalue weighted by Gasteiger charge is -2.04. The second-order valence-corrected chi connectivity index (χ2v) is 4.23. The van der Waals surface area contributed by atoms with Gasteiger partial charge in [0.15, 0.2) is 0 Å². The van der Waals surface area contributed by atoms with E-state index in [1.165, 1.54) is 0 Å². The maximum atomic E-state index is 5.28. The third-order valence-corrected chi connectivity index (χ3v) is 3.26. The lowest BCUT2D eigenvalue weighted by Crippen LogP contribution is -1.88. The number of hydrogen-bond acceptors (Lipinski definition) is 3. The molecule has 0 unspecified atom stereocenters. The van der Waals surface area contributed by atoms with Crippen LogP contribution >= 0.6 is 11.3 Å². The van der Waals surface area contributed by atoms with Crippen LogP contribution in [0.2, 0.25) is 0 Å². The predicted octanol–water partition coefficient (Wildman–Crippen LogP) is 3.30. The molecule has 3 aromatic heterocycles. The number of aromatic amines is 1. The minimum Gasteiger partial charge on any atom is -0.494 e. The van der Waals surface area contributed by atoms with E-state index in [1.807, 2.05) is 12.3 Å².